The quantitative estimate of drug-likeness (QED) is 0.311. The average molecular weight is 432 g/mol. The highest BCUT2D eigenvalue weighted by Crippen LogP contribution is 2.28. The second-order valence-electron chi connectivity index (χ2n) is 2.69. The van der Waals surface area contributed by atoms with Gasteiger partial charge in [-0.3, -0.25) is 4.79 Å². The van der Waals surface area contributed by atoms with Gasteiger partial charge in [-0.2, -0.15) is 0 Å². The van der Waals surface area contributed by atoms with E-state index in [2.05, 4.69) is 45.2 Å². The Bertz CT molecular complexity index is 330. The average Bonchev–Trinajstić information content (AvgIpc) is 2.22. The highest BCUT2D eigenvalue weighted by molar-refractivity contribution is 14.1. The smallest absolute Gasteiger partial charge is 0.189 e. The largest absolute Gasteiger partial charge is 0.465 e. The van der Waals surface area contributed by atoms with Crippen molar-refractivity contribution in [3.63, 3.8) is 0 Å². The van der Waals surface area contributed by atoms with Crippen molar-refractivity contribution in [1.29, 1.82) is 0 Å². The molecule has 0 saturated heterocycles. The Morgan fingerprint density at radius 1 is 1.33 bits per heavy atom. The van der Waals surface area contributed by atoms with Crippen molar-refractivity contribution in [1.82, 2.24) is 0 Å². The first-order valence-corrected chi connectivity index (χ1v) is 6.49. The van der Waals surface area contributed by atoms with E-state index in [4.69, 9.17) is 9.47 Å². The molecule has 0 atom stereocenters. The molecule has 0 aromatic heterocycles. The van der Waals surface area contributed by atoms with E-state index in [0.29, 0.717) is 12.2 Å². The van der Waals surface area contributed by atoms with Gasteiger partial charge < -0.3 is 9.47 Å². The third-order valence-corrected chi connectivity index (χ3v) is 3.25. The van der Waals surface area contributed by atoms with Crippen LogP contribution in [0.5, 0.6) is 5.75 Å². The third kappa shape index (κ3) is 3.87. The molecule has 3 nitrogen and oxygen atoms in total. The van der Waals surface area contributed by atoms with E-state index in [9.17, 15) is 4.79 Å². The summed E-state index contributed by atoms with van der Waals surface area (Å²) in [6, 6.07) is 3.58. The summed E-state index contributed by atoms with van der Waals surface area (Å²) in [7, 11) is 0. The van der Waals surface area contributed by atoms with E-state index >= 15 is 0 Å². The second-order valence-corrected chi connectivity index (χ2v) is 5.01. The monoisotopic (exact) mass is 432 g/mol. The van der Waals surface area contributed by atoms with Crippen LogP contribution in [0.4, 0.5) is 0 Å². The summed E-state index contributed by atoms with van der Waals surface area (Å²) in [5.74, 6) is 0.773. The zero-order valence-corrected chi connectivity index (χ0v) is 12.4. The number of hydrogen-bond donors (Lipinski definition) is 0. The van der Waals surface area contributed by atoms with Crippen LogP contribution >= 0.6 is 45.2 Å². The van der Waals surface area contributed by atoms with Gasteiger partial charge in [0, 0.05) is 12.2 Å². The number of rotatable bonds is 5. The van der Waals surface area contributed by atoms with Gasteiger partial charge in [-0.25, -0.2) is 0 Å². The van der Waals surface area contributed by atoms with Crippen LogP contribution in [0.1, 0.15) is 17.3 Å². The van der Waals surface area contributed by atoms with Gasteiger partial charge in [0.05, 0.1) is 7.14 Å². The molecule has 0 radical (unpaired) electrons. The molecule has 0 N–H and O–H groups in total. The van der Waals surface area contributed by atoms with E-state index in [0.717, 1.165) is 19.2 Å². The number of carbonyl (C=O) groups excluding carboxylic acids is 1. The Hall–Kier alpha value is 0.110. The van der Waals surface area contributed by atoms with Gasteiger partial charge >= 0.3 is 0 Å². The normalized spacial score (nSPS) is 10.1. The standard InChI is InChI=1S/C10H10I2O3/c1-2-14-6-15-10-8(11)3-7(5-13)4-9(10)12/h3-5H,2,6H2,1H3. The number of carbonyl (C=O) groups is 1. The van der Waals surface area contributed by atoms with Crippen LogP contribution < -0.4 is 4.74 Å². The third-order valence-electron chi connectivity index (χ3n) is 1.65. The predicted molar refractivity (Wildman–Crippen MR) is 74.4 cm³/mol. The van der Waals surface area contributed by atoms with Gasteiger partial charge in [0.2, 0.25) is 0 Å². The van der Waals surface area contributed by atoms with Crippen molar-refractivity contribution in [3.8, 4) is 5.75 Å². The number of benzene rings is 1. The summed E-state index contributed by atoms with van der Waals surface area (Å²) in [6.07, 6.45) is 0.830. The molecule has 15 heavy (non-hydrogen) atoms. The zero-order chi connectivity index (χ0) is 11.3. The van der Waals surface area contributed by atoms with Crippen LogP contribution in [0.25, 0.3) is 0 Å². The van der Waals surface area contributed by atoms with E-state index in [1.54, 1.807) is 12.1 Å². The molecule has 0 heterocycles. The molecule has 1 rings (SSSR count). The minimum absolute atomic E-state index is 0.239. The first-order chi connectivity index (χ1) is 7.19. The molecule has 0 saturated carbocycles. The topological polar surface area (TPSA) is 35.5 Å². The van der Waals surface area contributed by atoms with Gasteiger partial charge in [0.15, 0.2) is 6.79 Å². The fraction of sp³-hybridized carbons (Fsp3) is 0.300. The molecule has 1 aromatic rings. The van der Waals surface area contributed by atoms with Crippen LogP contribution in [0.15, 0.2) is 12.1 Å². The zero-order valence-electron chi connectivity index (χ0n) is 8.13. The van der Waals surface area contributed by atoms with E-state index < -0.39 is 0 Å². The first-order valence-electron chi connectivity index (χ1n) is 4.33. The lowest BCUT2D eigenvalue weighted by molar-refractivity contribution is 0.0214. The second kappa shape index (κ2) is 6.64. The van der Waals surface area contributed by atoms with Crippen LogP contribution in [0.2, 0.25) is 0 Å². The van der Waals surface area contributed by atoms with Gasteiger partial charge in [0.1, 0.15) is 12.0 Å². The first kappa shape index (κ1) is 13.2. The maximum Gasteiger partial charge on any atom is 0.189 e. The van der Waals surface area contributed by atoms with E-state index in [-0.39, 0.29) is 6.79 Å². The minimum Gasteiger partial charge on any atom is -0.465 e. The maximum atomic E-state index is 10.6. The van der Waals surface area contributed by atoms with E-state index in [1.165, 1.54) is 0 Å². The Labute approximate surface area is 116 Å². The Morgan fingerprint density at radius 2 is 1.93 bits per heavy atom. The number of aldehydes is 1. The van der Waals surface area contributed by atoms with E-state index in [1.807, 2.05) is 6.92 Å². The SMILES string of the molecule is CCOCOc1c(I)cc(C=O)cc1I. The molecule has 0 spiro atoms. The predicted octanol–water partition coefficient (Wildman–Crippen LogP) is 3.08. The molecule has 0 bridgehead atoms. The Kier molecular flexibility index (Phi) is 5.83. The van der Waals surface area contributed by atoms with Gasteiger partial charge in [-0.15, -0.1) is 0 Å². The van der Waals surface area contributed by atoms with Crippen molar-refractivity contribution in [2.24, 2.45) is 0 Å². The molecule has 5 heteroatoms. The van der Waals surface area contributed by atoms with Crippen molar-refractivity contribution in [3.05, 3.63) is 24.8 Å². The van der Waals surface area contributed by atoms with Crippen molar-refractivity contribution in [2.75, 3.05) is 13.4 Å². The summed E-state index contributed by atoms with van der Waals surface area (Å²) in [6.45, 7) is 2.78. The lowest BCUT2D eigenvalue weighted by Gasteiger charge is -2.10. The maximum absolute atomic E-state index is 10.6. The Balaban J connectivity index is 2.83. The van der Waals surface area contributed by atoms with Gasteiger partial charge in [-0.1, -0.05) is 0 Å². The van der Waals surface area contributed by atoms with Crippen molar-refractivity contribution >= 4 is 51.5 Å². The van der Waals surface area contributed by atoms with Crippen LogP contribution in [-0.4, -0.2) is 19.7 Å². The molecule has 0 aliphatic heterocycles. The van der Waals surface area contributed by atoms with Crippen LogP contribution in [0.3, 0.4) is 0 Å². The number of ether oxygens (including phenoxy) is 2. The molecule has 0 amide bonds. The Morgan fingerprint density at radius 3 is 2.40 bits per heavy atom. The summed E-state index contributed by atoms with van der Waals surface area (Å²) in [5.41, 5.74) is 0.660. The van der Waals surface area contributed by atoms with Crippen molar-refractivity contribution < 1.29 is 14.3 Å². The van der Waals surface area contributed by atoms with Crippen LogP contribution in [0, 0.1) is 7.14 Å². The molecule has 0 aliphatic rings. The molecular weight excluding hydrogens is 422 g/mol. The van der Waals surface area contributed by atoms with Crippen LogP contribution in [-0.2, 0) is 4.74 Å². The molecule has 0 unspecified atom stereocenters. The fourth-order valence-corrected chi connectivity index (χ4v) is 3.10. The van der Waals surface area contributed by atoms with Gasteiger partial charge in [0.25, 0.3) is 0 Å². The number of halogens is 2. The number of hydrogen-bond acceptors (Lipinski definition) is 3. The summed E-state index contributed by atoms with van der Waals surface area (Å²) >= 11 is 4.28. The summed E-state index contributed by atoms with van der Waals surface area (Å²) < 4.78 is 12.4. The lowest BCUT2D eigenvalue weighted by atomic mass is 10.2. The highest BCUT2D eigenvalue weighted by Gasteiger charge is 2.08. The summed E-state index contributed by atoms with van der Waals surface area (Å²) in [5, 5.41) is 0. The molecule has 1 aromatic carbocycles. The fourth-order valence-electron chi connectivity index (χ4n) is 0.969. The highest BCUT2D eigenvalue weighted by atomic mass is 127. The summed E-state index contributed by atoms with van der Waals surface area (Å²) in [4.78, 5) is 10.6. The molecule has 0 fully saturated rings. The van der Waals surface area contributed by atoms with Gasteiger partial charge in [-0.05, 0) is 64.2 Å². The molecular formula is C10H10I2O3. The van der Waals surface area contributed by atoms with Crippen molar-refractivity contribution in [2.45, 2.75) is 6.92 Å². The minimum atomic E-state index is 0.239. The molecule has 82 valence electrons. The lowest BCUT2D eigenvalue weighted by Crippen LogP contribution is -2.05. The molecule has 0 aliphatic carbocycles.